The molecule has 0 unspecified atom stereocenters. The van der Waals surface area contributed by atoms with Gasteiger partial charge in [0, 0.05) is 17.4 Å². The first-order valence-corrected chi connectivity index (χ1v) is 5.35. The first-order valence-electron chi connectivity index (χ1n) is 4.90. The van der Waals surface area contributed by atoms with Crippen molar-refractivity contribution in [2.24, 2.45) is 0 Å². The molecule has 0 spiro atoms. The summed E-state index contributed by atoms with van der Waals surface area (Å²) in [5.74, 6) is -0.429. The Morgan fingerprint density at radius 3 is 2.38 bits per heavy atom. The maximum Gasteiger partial charge on any atom is 0.130 e. The molecule has 0 aliphatic rings. The Morgan fingerprint density at radius 1 is 1.06 bits per heavy atom. The summed E-state index contributed by atoms with van der Waals surface area (Å²) in [6.07, 6.45) is 0.514. The molecule has 2 aromatic rings. The van der Waals surface area contributed by atoms with E-state index in [1.54, 1.807) is 6.07 Å². The van der Waals surface area contributed by atoms with E-state index in [0.717, 1.165) is 16.5 Å². The molecule has 1 N–H and O–H groups in total. The molecule has 0 saturated carbocycles. The minimum atomic E-state index is -0.380. The summed E-state index contributed by atoms with van der Waals surface area (Å²) in [6.45, 7) is 0. The van der Waals surface area contributed by atoms with Crippen LogP contribution < -0.4 is 0 Å². The van der Waals surface area contributed by atoms with E-state index < -0.39 is 0 Å². The van der Waals surface area contributed by atoms with E-state index in [2.05, 4.69) is 12.6 Å². The summed E-state index contributed by atoms with van der Waals surface area (Å²) < 4.78 is 13.4. The van der Waals surface area contributed by atoms with Gasteiger partial charge in [-0.2, -0.15) is 0 Å². The van der Waals surface area contributed by atoms with Gasteiger partial charge in [0.1, 0.15) is 11.6 Å². The molecule has 0 aliphatic heterocycles. The third kappa shape index (κ3) is 2.55. The van der Waals surface area contributed by atoms with Crippen LogP contribution in [0.3, 0.4) is 0 Å². The number of halogens is 1. The van der Waals surface area contributed by atoms with E-state index in [4.69, 9.17) is 5.11 Å². The molecule has 82 valence electrons. The van der Waals surface area contributed by atoms with Crippen LogP contribution >= 0.6 is 12.6 Å². The summed E-state index contributed by atoms with van der Waals surface area (Å²) in [5.41, 5.74) is 1.59. The molecule has 0 heterocycles. The highest BCUT2D eigenvalue weighted by atomic mass is 32.1. The summed E-state index contributed by atoms with van der Waals surface area (Å²) in [4.78, 5) is 0.884. The number of hydrogen-bond acceptors (Lipinski definition) is 2. The highest BCUT2D eigenvalue weighted by Crippen LogP contribution is 2.18. The lowest BCUT2D eigenvalue weighted by atomic mass is 10.0. The van der Waals surface area contributed by atoms with E-state index in [9.17, 15) is 4.39 Å². The third-order valence-corrected chi connectivity index (χ3v) is 2.67. The molecular weight excluding hydrogens is 223 g/mol. The summed E-state index contributed by atoms with van der Waals surface area (Å²) in [5, 5.41) is 9.09. The zero-order valence-electron chi connectivity index (χ0n) is 8.52. The molecule has 0 saturated heterocycles. The number of phenols is 1. The zero-order chi connectivity index (χ0) is 11.5. The average Bonchev–Trinajstić information content (AvgIpc) is 2.25. The van der Waals surface area contributed by atoms with Gasteiger partial charge in [-0.05, 0) is 29.3 Å². The number of hydrogen-bond donors (Lipinski definition) is 2. The van der Waals surface area contributed by atoms with Gasteiger partial charge in [-0.3, -0.25) is 0 Å². The molecule has 0 atom stereocenters. The Balaban J connectivity index is 2.23. The number of benzene rings is 2. The lowest BCUT2D eigenvalue weighted by molar-refractivity contribution is 0.468. The summed E-state index contributed by atoms with van der Waals surface area (Å²) >= 11 is 4.18. The van der Waals surface area contributed by atoms with Crippen molar-refractivity contribution in [3.05, 3.63) is 59.4 Å². The lowest BCUT2D eigenvalue weighted by Crippen LogP contribution is -1.92. The Bertz CT molecular complexity index is 494. The normalized spacial score (nSPS) is 10.4. The second kappa shape index (κ2) is 4.58. The molecule has 0 amide bonds. The molecule has 0 aromatic heterocycles. The SMILES string of the molecule is Oc1ccc(Cc2ccc(S)cc2)c(F)c1. The number of phenolic OH excluding ortho intramolecular Hbond substituents is 1. The maximum atomic E-state index is 13.4. The predicted octanol–water partition coefficient (Wildman–Crippen LogP) is 3.41. The first-order chi connectivity index (χ1) is 7.65. The second-order valence-electron chi connectivity index (χ2n) is 3.62. The minimum Gasteiger partial charge on any atom is -0.508 e. The molecule has 0 aliphatic carbocycles. The Kier molecular flexibility index (Phi) is 3.15. The van der Waals surface area contributed by atoms with Crippen LogP contribution in [0.4, 0.5) is 4.39 Å². The van der Waals surface area contributed by atoms with Crippen molar-refractivity contribution in [3.8, 4) is 5.75 Å². The van der Waals surface area contributed by atoms with Gasteiger partial charge in [0.05, 0.1) is 0 Å². The van der Waals surface area contributed by atoms with Gasteiger partial charge < -0.3 is 5.11 Å². The standard InChI is InChI=1S/C13H11FOS/c14-13-8-11(15)4-3-10(13)7-9-1-5-12(16)6-2-9/h1-6,8,15-16H,7H2. The average molecular weight is 234 g/mol. The molecule has 16 heavy (non-hydrogen) atoms. The number of thiol groups is 1. The van der Waals surface area contributed by atoms with Gasteiger partial charge in [0.15, 0.2) is 0 Å². The molecule has 0 bridgehead atoms. The van der Waals surface area contributed by atoms with Crippen LogP contribution in [0, 0.1) is 5.82 Å². The van der Waals surface area contributed by atoms with E-state index in [0.29, 0.717) is 12.0 Å². The van der Waals surface area contributed by atoms with Crippen LogP contribution in [0.25, 0.3) is 0 Å². The molecule has 1 nitrogen and oxygen atoms in total. The van der Waals surface area contributed by atoms with Crippen molar-refractivity contribution in [3.63, 3.8) is 0 Å². The van der Waals surface area contributed by atoms with Crippen molar-refractivity contribution in [1.82, 2.24) is 0 Å². The summed E-state index contributed by atoms with van der Waals surface area (Å²) in [6, 6.07) is 11.8. The van der Waals surface area contributed by atoms with Gasteiger partial charge >= 0.3 is 0 Å². The fraction of sp³-hybridized carbons (Fsp3) is 0.0769. The topological polar surface area (TPSA) is 20.2 Å². The van der Waals surface area contributed by atoms with E-state index in [1.807, 2.05) is 24.3 Å². The van der Waals surface area contributed by atoms with E-state index >= 15 is 0 Å². The van der Waals surface area contributed by atoms with Crippen LogP contribution in [0.1, 0.15) is 11.1 Å². The molecule has 2 aromatic carbocycles. The van der Waals surface area contributed by atoms with Crippen molar-refractivity contribution in [1.29, 1.82) is 0 Å². The lowest BCUT2D eigenvalue weighted by Gasteiger charge is -2.04. The van der Waals surface area contributed by atoms with Gasteiger partial charge in [-0.1, -0.05) is 18.2 Å². The highest BCUT2D eigenvalue weighted by Gasteiger charge is 2.04. The van der Waals surface area contributed by atoms with Gasteiger partial charge in [0.2, 0.25) is 0 Å². The van der Waals surface area contributed by atoms with Crippen molar-refractivity contribution < 1.29 is 9.50 Å². The van der Waals surface area contributed by atoms with Crippen LogP contribution in [-0.2, 0) is 6.42 Å². The Hall–Kier alpha value is -1.48. The monoisotopic (exact) mass is 234 g/mol. The quantitative estimate of drug-likeness (QED) is 0.763. The summed E-state index contributed by atoms with van der Waals surface area (Å²) in [7, 11) is 0. The molecule has 0 radical (unpaired) electrons. The van der Waals surface area contributed by atoms with E-state index in [-0.39, 0.29) is 11.6 Å². The predicted molar refractivity (Wildman–Crippen MR) is 64.6 cm³/mol. The number of aromatic hydroxyl groups is 1. The largest absolute Gasteiger partial charge is 0.508 e. The smallest absolute Gasteiger partial charge is 0.130 e. The second-order valence-corrected chi connectivity index (χ2v) is 4.14. The van der Waals surface area contributed by atoms with Gasteiger partial charge in [-0.15, -0.1) is 12.6 Å². The minimum absolute atomic E-state index is 0.0491. The fourth-order valence-electron chi connectivity index (χ4n) is 1.51. The molecular formula is C13H11FOS. The Labute approximate surface area is 99.0 Å². The fourth-order valence-corrected chi connectivity index (χ4v) is 1.66. The number of rotatable bonds is 2. The highest BCUT2D eigenvalue weighted by molar-refractivity contribution is 7.80. The van der Waals surface area contributed by atoms with Gasteiger partial charge in [0.25, 0.3) is 0 Å². The molecule has 2 rings (SSSR count). The third-order valence-electron chi connectivity index (χ3n) is 2.37. The van der Waals surface area contributed by atoms with Crippen LogP contribution in [-0.4, -0.2) is 5.11 Å². The van der Waals surface area contributed by atoms with Crippen LogP contribution in [0.5, 0.6) is 5.75 Å². The van der Waals surface area contributed by atoms with Crippen molar-refractivity contribution in [2.75, 3.05) is 0 Å². The molecule has 0 fully saturated rings. The van der Waals surface area contributed by atoms with Crippen molar-refractivity contribution >= 4 is 12.6 Å². The maximum absolute atomic E-state index is 13.4. The van der Waals surface area contributed by atoms with Crippen molar-refractivity contribution in [2.45, 2.75) is 11.3 Å². The van der Waals surface area contributed by atoms with Crippen LogP contribution in [0.15, 0.2) is 47.4 Å². The van der Waals surface area contributed by atoms with Crippen LogP contribution in [0.2, 0.25) is 0 Å². The Morgan fingerprint density at radius 2 is 1.75 bits per heavy atom. The van der Waals surface area contributed by atoms with E-state index in [1.165, 1.54) is 6.07 Å². The molecule has 3 heteroatoms. The zero-order valence-corrected chi connectivity index (χ0v) is 9.42. The van der Waals surface area contributed by atoms with Gasteiger partial charge in [-0.25, -0.2) is 4.39 Å². The first kappa shape index (κ1) is 11.0.